The largest absolute Gasteiger partial charge is 0.314 e. The van der Waals surface area contributed by atoms with Crippen molar-refractivity contribution in [3.8, 4) is 0 Å². The van der Waals surface area contributed by atoms with Crippen LogP contribution in [0.5, 0.6) is 0 Å². The zero-order valence-corrected chi connectivity index (χ0v) is 15.5. The lowest BCUT2D eigenvalue weighted by Gasteiger charge is -2.35. The molecule has 1 aliphatic heterocycles. The topological polar surface area (TPSA) is 15.3 Å². The Labute approximate surface area is 147 Å². The van der Waals surface area contributed by atoms with Crippen molar-refractivity contribution in [3.05, 3.63) is 33.3 Å². The SMILES string of the molecule is CCC[C@@H](c1cc(Cl)ccc1Br)N1CCNCC1.Cl.Cl. The van der Waals surface area contributed by atoms with Crippen molar-refractivity contribution in [3.63, 3.8) is 0 Å². The molecular weight excluding hydrogens is 382 g/mol. The van der Waals surface area contributed by atoms with Crippen LogP contribution in [0, 0.1) is 0 Å². The van der Waals surface area contributed by atoms with Gasteiger partial charge in [-0.15, -0.1) is 24.8 Å². The number of nitrogens with zero attached hydrogens (tertiary/aromatic N) is 1. The van der Waals surface area contributed by atoms with Gasteiger partial charge in [0.1, 0.15) is 0 Å². The van der Waals surface area contributed by atoms with Gasteiger partial charge in [0, 0.05) is 41.7 Å². The summed E-state index contributed by atoms with van der Waals surface area (Å²) in [5.74, 6) is 0. The molecule has 1 saturated heterocycles. The van der Waals surface area contributed by atoms with E-state index >= 15 is 0 Å². The smallest absolute Gasteiger partial charge is 0.0410 e. The van der Waals surface area contributed by atoms with Gasteiger partial charge in [0.2, 0.25) is 0 Å². The maximum atomic E-state index is 6.15. The summed E-state index contributed by atoms with van der Waals surface area (Å²) in [6, 6.07) is 6.58. The Morgan fingerprint density at radius 1 is 1.30 bits per heavy atom. The van der Waals surface area contributed by atoms with E-state index in [0.29, 0.717) is 6.04 Å². The number of hydrogen-bond acceptors (Lipinski definition) is 2. The van der Waals surface area contributed by atoms with Gasteiger partial charge in [-0.3, -0.25) is 4.90 Å². The van der Waals surface area contributed by atoms with Crippen LogP contribution in [0.2, 0.25) is 5.02 Å². The Balaban J connectivity index is 0.00000180. The summed E-state index contributed by atoms with van der Waals surface area (Å²) in [4.78, 5) is 2.57. The lowest BCUT2D eigenvalue weighted by Crippen LogP contribution is -2.45. The highest BCUT2D eigenvalue weighted by molar-refractivity contribution is 9.10. The van der Waals surface area contributed by atoms with Gasteiger partial charge >= 0.3 is 0 Å². The average Bonchev–Trinajstić information content (AvgIpc) is 2.40. The summed E-state index contributed by atoms with van der Waals surface area (Å²) >= 11 is 9.82. The molecule has 0 saturated carbocycles. The van der Waals surface area contributed by atoms with Crippen LogP contribution in [-0.2, 0) is 0 Å². The summed E-state index contributed by atoms with van der Waals surface area (Å²) in [5, 5.41) is 4.23. The van der Waals surface area contributed by atoms with Crippen molar-refractivity contribution in [2.45, 2.75) is 25.8 Å². The number of nitrogens with one attached hydrogen (secondary N) is 1. The van der Waals surface area contributed by atoms with Crippen molar-refractivity contribution in [1.82, 2.24) is 10.2 Å². The molecule has 1 heterocycles. The molecule has 0 unspecified atom stereocenters. The normalized spacial score (nSPS) is 16.9. The van der Waals surface area contributed by atoms with Gasteiger partial charge < -0.3 is 5.32 Å². The van der Waals surface area contributed by atoms with E-state index in [4.69, 9.17) is 11.6 Å². The minimum atomic E-state index is 0. The first kappa shape index (κ1) is 20.5. The van der Waals surface area contributed by atoms with Crippen LogP contribution in [0.15, 0.2) is 22.7 Å². The molecule has 0 bridgehead atoms. The monoisotopic (exact) mass is 402 g/mol. The van der Waals surface area contributed by atoms with E-state index in [9.17, 15) is 0 Å². The first-order chi connectivity index (χ1) is 8.72. The van der Waals surface area contributed by atoms with Crippen LogP contribution in [0.4, 0.5) is 0 Å². The number of benzene rings is 1. The molecular formula is C14H22BrCl3N2. The standard InChI is InChI=1S/C14H20BrClN2.2ClH/c1-2-3-14(18-8-6-17-7-9-18)12-10-11(16)4-5-13(12)15;;/h4-5,10,14,17H,2-3,6-9H2,1H3;2*1H/t14-;;/m0../s1. The van der Waals surface area contributed by atoms with Gasteiger partial charge in [-0.25, -0.2) is 0 Å². The summed E-state index contributed by atoms with van der Waals surface area (Å²) in [5.41, 5.74) is 1.33. The number of rotatable bonds is 4. The van der Waals surface area contributed by atoms with Crippen LogP contribution in [0.25, 0.3) is 0 Å². The van der Waals surface area contributed by atoms with Crippen molar-refractivity contribution in [2.24, 2.45) is 0 Å². The van der Waals surface area contributed by atoms with Crippen molar-refractivity contribution >= 4 is 52.3 Å². The van der Waals surface area contributed by atoms with Gasteiger partial charge in [-0.2, -0.15) is 0 Å². The van der Waals surface area contributed by atoms with Crippen molar-refractivity contribution < 1.29 is 0 Å². The minimum absolute atomic E-state index is 0. The third kappa shape index (κ3) is 5.36. The Kier molecular flexibility index (Phi) is 10.5. The highest BCUT2D eigenvalue weighted by Crippen LogP contribution is 2.33. The molecule has 6 heteroatoms. The van der Waals surface area contributed by atoms with Crippen LogP contribution in [0.1, 0.15) is 31.4 Å². The Hall–Kier alpha value is 0.490. The van der Waals surface area contributed by atoms with Gasteiger partial charge in [0.25, 0.3) is 0 Å². The van der Waals surface area contributed by atoms with E-state index in [1.54, 1.807) is 0 Å². The van der Waals surface area contributed by atoms with Gasteiger partial charge in [0.15, 0.2) is 0 Å². The molecule has 1 aromatic carbocycles. The number of piperazine rings is 1. The molecule has 1 aromatic rings. The van der Waals surface area contributed by atoms with Crippen LogP contribution in [0.3, 0.4) is 0 Å². The lowest BCUT2D eigenvalue weighted by atomic mass is 10.00. The fourth-order valence-electron chi connectivity index (χ4n) is 2.57. The highest BCUT2D eigenvalue weighted by atomic mass is 79.9. The zero-order chi connectivity index (χ0) is 13.0. The summed E-state index contributed by atoms with van der Waals surface area (Å²) < 4.78 is 1.17. The number of hydrogen-bond donors (Lipinski definition) is 1. The molecule has 1 fully saturated rings. The average molecular weight is 405 g/mol. The first-order valence-corrected chi connectivity index (χ1v) is 7.79. The quantitative estimate of drug-likeness (QED) is 0.783. The second-order valence-corrected chi connectivity index (χ2v) is 6.05. The Morgan fingerprint density at radius 3 is 2.55 bits per heavy atom. The zero-order valence-electron chi connectivity index (χ0n) is 11.6. The van der Waals surface area contributed by atoms with E-state index in [0.717, 1.165) is 31.2 Å². The minimum Gasteiger partial charge on any atom is -0.314 e. The van der Waals surface area contributed by atoms with E-state index in [2.05, 4.69) is 45.2 Å². The highest BCUT2D eigenvalue weighted by Gasteiger charge is 2.23. The van der Waals surface area contributed by atoms with Gasteiger partial charge in [0.05, 0.1) is 0 Å². The van der Waals surface area contributed by atoms with Crippen LogP contribution in [-0.4, -0.2) is 31.1 Å². The molecule has 0 radical (unpaired) electrons. The van der Waals surface area contributed by atoms with Crippen LogP contribution < -0.4 is 5.32 Å². The van der Waals surface area contributed by atoms with Gasteiger partial charge in [-0.05, 0) is 30.2 Å². The second kappa shape index (κ2) is 10.3. The fraction of sp³-hybridized carbons (Fsp3) is 0.571. The summed E-state index contributed by atoms with van der Waals surface area (Å²) in [6.45, 7) is 6.64. The lowest BCUT2D eigenvalue weighted by molar-refractivity contribution is 0.164. The van der Waals surface area contributed by atoms with Crippen molar-refractivity contribution in [2.75, 3.05) is 26.2 Å². The molecule has 0 spiro atoms. The Morgan fingerprint density at radius 2 is 1.95 bits per heavy atom. The molecule has 1 aliphatic rings. The van der Waals surface area contributed by atoms with Crippen LogP contribution >= 0.6 is 52.3 Å². The second-order valence-electron chi connectivity index (χ2n) is 4.76. The third-order valence-corrected chi connectivity index (χ3v) is 4.43. The molecule has 0 aliphatic carbocycles. The molecule has 0 aromatic heterocycles. The van der Waals surface area contributed by atoms with E-state index in [-0.39, 0.29) is 24.8 Å². The molecule has 1 N–H and O–H groups in total. The Bertz CT molecular complexity index is 398. The van der Waals surface area contributed by atoms with E-state index in [1.807, 2.05) is 6.07 Å². The molecule has 2 rings (SSSR count). The van der Waals surface area contributed by atoms with Crippen molar-refractivity contribution in [1.29, 1.82) is 0 Å². The fourth-order valence-corrected chi connectivity index (χ4v) is 3.26. The maximum absolute atomic E-state index is 6.15. The molecule has 116 valence electrons. The molecule has 1 atom stereocenters. The molecule has 20 heavy (non-hydrogen) atoms. The molecule has 0 amide bonds. The predicted molar refractivity (Wildman–Crippen MR) is 95.7 cm³/mol. The molecule has 2 nitrogen and oxygen atoms in total. The van der Waals surface area contributed by atoms with E-state index < -0.39 is 0 Å². The predicted octanol–water partition coefficient (Wildman–Crippen LogP) is 4.69. The third-order valence-electron chi connectivity index (χ3n) is 3.47. The van der Waals surface area contributed by atoms with E-state index in [1.165, 1.54) is 22.9 Å². The summed E-state index contributed by atoms with van der Waals surface area (Å²) in [6.07, 6.45) is 2.37. The summed E-state index contributed by atoms with van der Waals surface area (Å²) in [7, 11) is 0. The maximum Gasteiger partial charge on any atom is 0.0410 e. The first-order valence-electron chi connectivity index (χ1n) is 6.62. The number of halogens is 4. The van der Waals surface area contributed by atoms with Gasteiger partial charge in [-0.1, -0.05) is 40.9 Å².